The summed E-state index contributed by atoms with van der Waals surface area (Å²) in [6.45, 7) is 9.90. The molecule has 0 saturated heterocycles. The Bertz CT molecular complexity index is 332. The lowest BCUT2D eigenvalue weighted by Gasteiger charge is -2.28. The molecule has 0 aliphatic rings. The second kappa shape index (κ2) is 6.76. The number of ether oxygens (including phenoxy) is 1. The third kappa shape index (κ3) is 5.52. The smallest absolute Gasteiger partial charge is 0.0948 e. The molecule has 0 aliphatic carbocycles. The lowest BCUT2D eigenvalue weighted by molar-refractivity contribution is -0.0463. The highest BCUT2D eigenvalue weighted by Gasteiger charge is 2.16. The van der Waals surface area contributed by atoms with Gasteiger partial charge in [0.05, 0.1) is 18.3 Å². The van der Waals surface area contributed by atoms with E-state index in [0.29, 0.717) is 13.2 Å². The molecule has 18 heavy (non-hydrogen) atoms. The highest BCUT2D eigenvalue weighted by atomic mass is 16.5. The largest absolute Gasteiger partial charge is 0.389 e. The first-order valence-corrected chi connectivity index (χ1v) is 6.54. The number of hydrogen-bond donors (Lipinski definition) is 1. The van der Waals surface area contributed by atoms with Crippen LogP contribution >= 0.6 is 0 Å². The number of likely N-dealkylation sites (N-methyl/N-ethyl adjacent to an activating group) is 1. The lowest BCUT2D eigenvalue weighted by Crippen LogP contribution is -2.36. The van der Waals surface area contributed by atoms with E-state index in [1.54, 1.807) is 0 Å². The van der Waals surface area contributed by atoms with E-state index in [1.165, 1.54) is 0 Å². The number of para-hydroxylation sites is 1. The molecule has 0 fully saturated rings. The molecular formula is C15H25NO2. The SMILES string of the molecule is CCN(CC(O)COC(C)(C)C)c1ccccc1. The number of benzene rings is 1. The normalized spacial score (nSPS) is 13.4. The summed E-state index contributed by atoms with van der Waals surface area (Å²) in [6.07, 6.45) is -0.468. The van der Waals surface area contributed by atoms with E-state index in [2.05, 4.69) is 24.0 Å². The van der Waals surface area contributed by atoms with Gasteiger partial charge in [-0.1, -0.05) is 18.2 Å². The molecule has 1 rings (SSSR count). The highest BCUT2D eigenvalue weighted by Crippen LogP contribution is 2.14. The number of aliphatic hydroxyl groups excluding tert-OH is 1. The molecule has 0 aliphatic heterocycles. The summed E-state index contributed by atoms with van der Waals surface area (Å²) in [5, 5.41) is 10.0. The zero-order valence-corrected chi connectivity index (χ0v) is 11.9. The van der Waals surface area contributed by atoms with Gasteiger partial charge in [0.1, 0.15) is 0 Å². The average Bonchev–Trinajstić information content (AvgIpc) is 2.33. The predicted octanol–water partition coefficient (Wildman–Crippen LogP) is 2.69. The molecule has 102 valence electrons. The van der Waals surface area contributed by atoms with Crippen molar-refractivity contribution in [3.8, 4) is 0 Å². The van der Waals surface area contributed by atoms with Gasteiger partial charge in [0.15, 0.2) is 0 Å². The molecule has 0 saturated carbocycles. The van der Waals surface area contributed by atoms with E-state index in [0.717, 1.165) is 12.2 Å². The Morgan fingerprint density at radius 2 is 1.83 bits per heavy atom. The van der Waals surface area contributed by atoms with Crippen molar-refractivity contribution in [2.45, 2.75) is 39.4 Å². The molecule has 0 amide bonds. The summed E-state index contributed by atoms with van der Waals surface area (Å²) in [5.41, 5.74) is 0.930. The first kappa shape index (κ1) is 15.0. The van der Waals surface area contributed by atoms with Crippen LogP contribution in [-0.2, 0) is 4.74 Å². The Hall–Kier alpha value is -1.06. The van der Waals surface area contributed by atoms with Crippen LogP contribution in [-0.4, -0.2) is 36.5 Å². The maximum absolute atomic E-state index is 10.0. The molecule has 3 nitrogen and oxygen atoms in total. The Labute approximate surface area is 110 Å². The Balaban J connectivity index is 2.49. The first-order valence-electron chi connectivity index (χ1n) is 6.54. The molecule has 0 aromatic heterocycles. The number of hydrogen-bond acceptors (Lipinski definition) is 3. The second-order valence-electron chi connectivity index (χ2n) is 5.45. The molecule has 1 aromatic rings. The third-order valence-electron chi connectivity index (χ3n) is 2.64. The van der Waals surface area contributed by atoms with Crippen LogP contribution in [0.3, 0.4) is 0 Å². The van der Waals surface area contributed by atoms with Crippen LogP contribution in [0.25, 0.3) is 0 Å². The maximum atomic E-state index is 10.0. The van der Waals surface area contributed by atoms with Gasteiger partial charge >= 0.3 is 0 Å². The van der Waals surface area contributed by atoms with Crippen LogP contribution in [0, 0.1) is 0 Å². The van der Waals surface area contributed by atoms with Crippen LogP contribution < -0.4 is 4.90 Å². The summed E-state index contributed by atoms with van der Waals surface area (Å²) in [5.74, 6) is 0. The van der Waals surface area contributed by atoms with E-state index < -0.39 is 6.10 Å². The van der Waals surface area contributed by atoms with Crippen LogP contribution in [0.2, 0.25) is 0 Å². The minimum Gasteiger partial charge on any atom is -0.389 e. The van der Waals surface area contributed by atoms with Crippen molar-refractivity contribution in [1.29, 1.82) is 0 Å². The Morgan fingerprint density at radius 3 is 2.33 bits per heavy atom. The molecule has 3 heteroatoms. The van der Waals surface area contributed by atoms with Crippen molar-refractivity contribution in [3.63, 3.8) is 0 Å². The minimum atomic E-state index is -0.468. The number of aliphatic hydroxyl groups is 1. The van der Waals surface area contributed by atoms with Crippen molar-refractivity contribution in [3.05, 3.63) is 30.3 Å². The summed E-state index contributed by atoms with van der Waals surface area (Å²) >= 11 is 0. The molecule has 1 unspecified atom stereocenters. The van der Waals surface area contributed by atoms with E-state index in [-0.39, 0.29) is 5.60 Å². The number of rotatable bonds is 6. The zero-order valence-electron chi connectivity index (χ0n) is 11.9. The molecular weight excluding hydrogens is 226 g/mol. The second-order valence-corrected chi connectivity index (χ2v) is 5.45. The predicted molar refractivity (Wildman–Crippen MR) is 76.0 cm³/mol. The molecule has 0 heterocycles. The summed E-state index contributed by atoms with van der Waals surface area (Å²) in [7, 11) is 0. The topological polar surface area (TPSA) is 32.7 Å². The van der Waals surface area contributed by atoms with Gasteiger partial charge < -0.3 is 14.7 Å². The van der Waals surface area contributed by atoms with Gasteiger partial charge in [-0.05, 0) is 39.8 Å². The fourth-order valence-corrected chi connectivity index (χ4v) is 1.71. The van der Waals surface area contributed by atoms with Gasteiger partial charge in [-0.15, -0.1) is 0 Å². The fraction of sp³-hybridized carbons (Fsp3) is 0.600. The van der Waals surface area contributed by atoms with E-state index in [1.807, 2.05) is 39.0 Å². The monoisotopic (exact) mass is 251 g/mol. The van der Waals surface area contributed by atoms with E-state index >= 15 is 0 Å². The highest BCUT2D eigenvalue weighted by molar-refractivity contribution is 5.45. The molecule has 0 radical (unpaired) electrons. The van der Waals surface area contributed by atoms with Crippen molar-refractivity contribution >= 4 is 5.69 Å². The van der Waals surface area contributed by atoms with Crippen LogP contribution in [0.15, 0.2) is 30.3 Å². The van der Waals surface area contributed by atoms with E-state index in [9.17, 15) is 5.11 Å². The van der Waals surface area contributed by atoms with Gasteiger partial charge in [0.25, 0.3) is 0 Å². The van der Waals surface area contributed by atoms with Crippen LogP contribution in [0.5, 0.6) is 0 Å². The molecule has 1 aromatic carbocycles. The molecule has 0 spiro atoms. The minimum absolute atomic E-state index is 0.204. The Morgan fingerprint density at radius 1 is 1.22 bits per heavy atom. The number of nitrogens with zero attached hydrogens (tertiary/aromatic N) is 1. The van der Waals surface area contributed by atoms with Gasteiger partial charge in [-0.25, -0.2) is 0 Å². The van der Waals surface area contributed by atoms with Gasteiger partial charge in [-0.2, -0.15) is 0 Å². The first-order chi connectivity index (χ1) is 8.42. The Kier molecular flexibility index (Phi) is 5.63. The standard InChI is InChI=1S/C15H25NO2/c1-5-16(13-9-7-6-8-10-13)11-14(17)12-18-15(2,3)4/h6-10,14,17H,5,11-12H2,1-4H3. The molecule has 0 bridgehead atoms. The van der Waals surface area contributed by atoms with Crippen molar-refractivity contribution in [2.75, 3.05) is 24.6 Å². The number of anilines is 1. The summed E-state index contributed by atoms with van der Waals surface area (Å²) in [4.78, 5) is 2.15. The van der Waals surface area contributed by atoms with Gasteiger partial charge in [0, 0.05) is 18.8 Å². The summed E-state index contributed by atoms with van der Waals surface area (Å²) in [6, 6.07) is 10.1. The lowest BCUT2D eigenvalue weighted by atomic mass is 10.2. The molecule has 1 N–H and O–H groups in total. The summed E-state index contributed by atoms with van der Waals surface area (Å²) < 4.78 is 5.60. The quantitative estimate of drug-likeness (QED) is 0.843. The fourth-order valence-electron chi connectivity index (χ4n) is 1.71. The van der Waals surface area contributed by atoms with E-state index in [4.69, 9.17) is 4.74 Å². The van der Waals surface area contributed by atoms with Gasteiger partial charge in [0.2, 0.25) is 0 Å². The molecule has 1 atom stereocenters. The maximum Gasteiger partial charge on any atom is 0.0948 e. The average molecular weight is 251 g/mol. The van der Waals surface area contributed by atoms with Crippen LogP contribution in [0.4, 0.5) is 5.69 Å². The van der Waals surface area contributed by atoms with Crippen molar-refractivity contribution in [2.24, 2.45) is 0 Å². The third-order valence-corrected chi connectivity index (χ3v) is 2.64. The van der Waals surface area contributed by atoms with Crippen molar-refractivity contribution < 1.29 is 9.84 Å². The van der Waals surface area contributed by atoms with Gasteiger partial charge in [-0.3, -0.25) is 0 Å². The zero-order chi connectivity index (χ0) is 13.6. The van der Waals surface area contributed by atoms with Crippen LogP contribution in [0.1, 0.15) is 27.7 Å². The van der Waals surface area contributed by atoms with Crippen molar-refractivity contribution in [1.82, 2.24) is 0 Å².